The minimum absolute atomic E-state index is 0.0561. The number of hydrogen-bond donors (Lipinski definition) is 2. The molecule has 1 saturated heterocycles. The van der Waals surface area contributed by atoms with Crippen molar-refractivity contribution in [3.63, 3.8) is 0 Å². The van der Waals surface area contributed by atoms with E-state index in [4.69, 9.17) is 21.1 Å². The summed E-state index contributed by atoms with van der Waals surface area (Å²) in [4.78, 5) is 11.2. The van der Waals surface area contributed by atoms with Crippen molar-refractivity contribution in [3.05, 3.63) is 58.1 Å². The monoisotopic (exact) mass is 415 g/mol. The van der Waals surface area contributed by atoms with Crippen LogP contribution in [-0.4, -0.2) is 30.3 Å². The second kappa shape index (κ2) is 9.06. The zero-order valence-electron chi connectivity index (χ0n) is 16.3. The van der Waals surface area contributed by atoms with Gasteiger partial charge in [-0.05, 0) is 61.4 Å². The van der Waals surface area contributed by atoms with Gasteiger partial charge in [0.1, 0.15) is 11.9 Å². The van der Waals surface area contributed by atoms with E-state index in [0.29, 0.717) is 16.3 Å². The maximum Gasteiger partial charge on any atom is 0.307 e. The van der Waals surface area contributed by atoms with Crippen LogP contribution >= 0.6 is 11.6 Å². The predicted octanol–water partition coefficient (Wildman–Crippen LogP) is 5.01. The van der Waals surface area contributed by atoms with Crippen LogP contribution in [0.2, 0.25) is 5.02 Å². The van der Waals surface area contributed by atoms with Crippen molar-refractivity contribution in [1.29, 1.82) is 0 Å². The molecule has 2 aromatic carbocycles. The second-order valence-electron chi connectivity index (χ2n) is 7.71. The molecule has 0 amide bonds. The highest BCUT2D eigenvalue weighted by Gasteiger charge is 2.26. The smallest absolute Gasteiger partial charge is 0.307 e. The molecule has 154 valence electrons. The number of carboxylic acids is 1. The summed E-state index contributed by atoms with van der Waals surface area (Å²) in [5.74, 6) is -0.240. The van der Waals surface area contributed by atoms with Gasteiger partial charge >= 0.3 is 5.97 Å². The van der Waals surface area contributed by atoms with E-state index in [2.05, 4.69) is 5.32 Å². The summed E-state index contributed by atoms with van der Waals surface area (Å²) >= 11 is 6.44. The molecule has 1 aliphatic heterocycles. The molecule has 0 bridgehead atoms. The molecule has 1 aliphatic carbocycles. The van der Waals surface area contributed by atoms with Crippen LogP contribution in [0.3, 0.4) is 0 Å². The average Bonchev–Trinajstić information content (AvgIpc) is 3.21. The molecule has 0 spiro atoms. The molecule has 2 N–H and O–H groups in total. The van der Waals surface area contributed by atoms with Gasteiger partial charge < -0.3 is 19.9 Å². The summed E-state index contributed by atoms with van der Waals surface area (Å²) in [6, 6.07) is 11.3. The Morgan fingerprint density at radius 1 is 1.24 bits per heavy atom. The standard InChI is InChI=1S/C23H26ClNO4/c24-16-12-19-18(20(13-16)25-14-17-6-4-10-28-17)7-3-9-22(19)29-21-8-2-1-5-15(21)11-23(26)27/h1-2,5,8,12-13,17,22,25H,3-4,6-7,9-11,14H2,(H,26,27). The lowest BCUT2D eigenvalue weighted by Crippen LogP contribution is -2.22. The normalized spacial score (nSPS) is 20.9. The van der Waals surface area contributed by atoms with Gasteiger partial charge in [0.05, 0.1) is 12.5 Å². The Morgan fingerprint density at radius 3 is 2.90 bits per heavy atom. The maximum atomic E-state index is 11.2. The summed E-state index contributed by atoms with van der Waals surface area (Å²) < 4.78 is 12.1. The van der Waals surface area contributed by atoms with E-state index in [1.54, 1.807) is 6.07 Å². The molecule has 0 radical (unpaired) electrons. The van der Waals surface area contributed by atoms with E-state index in [1.165, 1.54) is 5.56 Å². The molecule has 1 fully saturated rings. The zero-order chi connectivity index (χ0) is 20.2. The number of hydrogen-bond acceptors (Lipinski definition) is 4. The largest absolute Gasteiger partial charge is 0.485 e. The number of aliphatic carboxylic acids is 1. The van der Waals surface area contributed by atoms with E-state index in [1.807, 2.05) is 30.3 Å². The van der Waals surface area contributed by atoms with E-state index in [9.17, 15) is 9.90 Å². The minimum Gasteiger partial charge on any atom is -0.485 e. The van der Waals surface area contributed by atoms with Crippen molar-refractivity contribution in [2.45, 2.75) is 50.7 Å². The first-order chi connectivity index (χ1) is 14.1. The Kier molecular flexibility index (Phi) is 6.26. The molecule has 2 aliphatic rings. The van der Waals surface area contributed by atoms with E-state index < -0.39 is 5.97 Å². The highest BCUT2D eigenvalue weighted by atomic mass is 35.5. The quantitative estimate of drug-likeness (QED) is 0.665. The number of carbonyl (C=O) groups is 1. The van der Waals surface area contributed by atoms with Crippen molar-refractivity contribution < 1.29 is 19.4 Å². The van der Waals surface area contributed by atoms with Gasteiger partial charge in [0.15, 0.2) is 0 Å². The van der Waals surface area contributed by atoms with Crippen LogP contribution in [0.4, 0.5) is 5.69 Å². The van der Waals surface area contributed by atoms with Crippen molar-refractivity contribution in [3.8, 4) is 5.75 Å². The van der Waals surface area contributed by atoms with Crippen molar-refractivity contribution in [2.75, 3.05) is 18.5 Å². The van der Waals surface area contributed by atoms with Gasteiger partial charge in [-0.15, -0.1) is 0 Å². The lowest BCUT2D eigenvalue weighted by atomic mass is 9.88. The van der Waals surface area contributed by atoms with E-state index in [-0.39, 0.29) is 18.6 Å². The van der Waals surface area contributed by atoms with Crippen LogP contribution in [-0.2, 0) is 22.4 Å². The number of halogens is 1. The summed E-state index contributed by atoms with van der Waals surface area (Å²) in [6.07, 6.45) is 5.11. The highest BCUT2D eigenvalue weighted by molar-refractivity contribution is 6.31. The number of rotatable bonds is 7. The van der Waals surface area contributed by atoms with Gasteiger partial charge in [0, 0.05) is 29.4 Å². The Hall–Kier alpha value is -2.24. The van der Waals surface area contributed by atoms with E-state index >= 15 is 0 Å². The van der Waals surface area contributed by atoms with Gasteiger partial charge in [-0.3, -0.25) is 4.79 Å². The summed E-state index contributed by atoms with van der Waals surface area (Å²) in [7, 11) is 0. The number of benzene rings is 2. The molecule has 5 nitrogen and oxygen atoms in total. The molecular formula is C23H26ClNO4. The van der Waals surface area contributed by atoms with Crippen LogP contribution in [0.5, 0.6) is 5.75 Å². The fraction of sp³-hybridized carbons (Fsp3) is 0.435. The number of nitrogens with one attached hydrogen (secondary N) is 1. The van der Waals surface area contributed by atoms with Gasteiger partial charge in [-0.25, -0.2) is 0 Å². The highest BCUT2D eigenvalue weighted by Crippen LogP contribution is 2.40. The second-order valence-corrected chi connectivity index (χ2v) is 8.15. The third-order valence-corrected chi connectivity index (χ3v) is 5.84. The first-order valence-electron chi connectivity index (χ1n) is 10.2. The minimum atomic E-state index is -0.867. The third-order valence-electron chi connectivity index (χ3n) is 5.62. The Balaban J connectivity index is 1.57. The van der Waals surface area contributed by atoms with Crippen LogP contribution in [0.1, 0.15) is 48.5 Å². The number of anilines is 1. The van der Waals surface area contributed by atoms with Gasteiger partial charge in [0.25, 0.3) is 0 Å². The maximum absolute atomic E-state index is 11.2. The molecular weight excluding hydrogens is 390 g/mol. The van der Waals surface area contributed by atoms with Gasteiger partial charge in [0.2, 0.25) is 0 Å². The molecule has 0 aromatic heterocycles. The first kappa shape index (κ1) is 20.0. The fourth-order valence-corrected chi connectivity index (χ4v) is 4.46. The summed E-state index contributed by atoms with van der Waals surface area (Å²) in [5.41, 5.74) is 4.06. The molecule has 6 heteroatoms. The first-order valence-corrected chi connectivity index (χ1v) is 10.6. The fourth-order valence-electron chi connectivity index (χ4n) is 4.23. The van der Waals surface area contributed by atoms with Crippen molar-refractivity contribution >= 4 is 23.3 Å². The van der Waals surface area contributed by atoms with E-state index in [0.717, 1.165) is 56.5 Å². The lowest BCUT2D eigenvalue weighted by Gasteiger charge is -2.29. The Morgan fingerprint density at radius 2 is 2.10 bits per heavy atom. The number of carboxylic acid groups (broad SMARTS) is 1. The molecule has 2 aromatic rings. The SMILES string of the molecule is O=C(O)Cc1ccccc1OC1CCCc2c(NCC3CCCO3)cc(Cl)cc21. The number of ether oxygens (including phenoxy) is 2. The van der Waals surface area contributed by atoms with Crippen LogP contribution < -0.4 is 10.1 Å². The summed E-state index contributed by atoms with van der Waals surface area (Å²) in [6.45, 7) is 1.62. The molecule has 0 saturated carbocycles. The molecule has 29 heavy (non-hydrogen) atoms. The van der Waals surface area contributed by atoms with Crippen molar-refractivity contribution in [1.82, 2.24) is 0 Å². The molecule has 2 unspecified atom stereocenters. The molecule has 4 rings (SSSR count). The number of para-hydroxylation sites is 1. The average molecular weight is 416 g/mol. The zero-order valence-corrected chi connectivity index (χ0v) is 17.1. The molecule has 1 heterocycles. The topological polar surface area (TPSA) is 67.8 Å². The Bertz CT molecular complexity index is 879. The van der Waals surface area contributed by atoms with Crippen LogP contribution in [0, 0.1) is 0 Å². The van der Waals surface area contributed by atoms with Gasteiger partial charge in [-0.2, -0.15) is 0 Å². The van der Waals surface area contributed by atoms with Gasteiger partial charge in [-0.1, -0.05) is 29.8 Å². The molecule has 2 atom stereocenters. The third kappa shape index (κ3) is 4.85. The van der Waals surface area contributed by atoms with Crippen molar-refractivity contribution in [2.24, 2.45) is 0 Å². The summed E-state index contributed by atoms with van der Waals surface area (Å²) in [5, 5.41) is 13.4. The lowest BCUT2D eigenvalue weighted by molar-refractivity contribution is -0.136. The van der Waals surface area contributed by atoms with Crippen LogP contribution in [0.15, 0.2) is 36.4 Å². The Labute approximate surface area is 176 Å². The predicted molar refractivity (Wildman–Crippen MR) is 113 cm³/mol. The van der Waals surface area contributed by atoms with Crippen LogP contribution in [0.25, 0.3) is 0 Å². The number of fused-ring (bicyclic) bond motifs is 1.